The Balaban J connectivity index is 2.38. The molecular weight excluding hydrogens is 336 g/mol. The molecule has 1 N–H and O–H groups in total. The van der Waals surface area contributed by atoms with Gasteiger partial charge in [0, 0.05) is 16.6 Å². The minimum absolute atomic E-state index is 0.0340. The first-order valence-electron chi connectivity index (χ1n) is 6.65. The van der Waals surface area contributed by atoms with Gasteiger partial charge < -0.3 is 14.8 Å². The van der Waals surface area contributed by atoms with Gasteiger partial charge in [-0.1, -0.05) is 22.9 Å². The summed E-state index contributed by atoms with van der Waals surface area (Å²) in [5.74, 6) is 0.772. The van der Waals surface area contributed by atoms with Crippen LogP contribution in [-0.4, -0.2) is 25.7 Å². The Morgan fingerprint density at radius 3 is 2.95 bits per heavy atom. The Kier molecular flexibility index (Phi) is 5.23. The lowest BCUT2D eigenvalue weighted by atomic mass is 10.1. The van der Waals surface area contributed by atoms with Crippen LogP contribution in [0, 0.1) is 11.3 Å². The van der Waals surface area contributed by atoms with E-state index in [1.165, 1.54) is 6.08 Å². The monoisotopic (exact) mass is 350 g/mol. The second-order valence-corrected chi connectivity index (χ2v) is 5.27. The summed E-state index contributed by atoms with van der Waals surface area (Å²) in [6, 6.07) is 5.52. The molecule has 0 aromatic heterocycles. The van der Waals surface area contributed by atoms with Gasteiger partial charge in [0.1, 0.15) is 24.9 Å². The number of benzene rings is 1. The summed E-state index contributed by atoms with van der Waals surface area (Å²) in [6.45, 7) is 3.41. The molecule has 1 aromatic carbocycles. The lowest BCUT2D eigenvalue weighted by Crippen LogP contribution is -2.25. The fraction of sp³-hybridized carbons (Fsp3) is 0.333. The van der Waals surface area contributed by atoms with E-state index in [0.29, 0.717) is 36.8 Å². The molecule has 0 spiro atoms. The Morgan fingerprint density at radius 1 is 1.48 bits per heavy atom. The van der Waals surface area contributed by atoms with Crippen molar-refractivity contribution in [3.05, 3.63) is 27.7 Å². The van der Waals surface area contributed by atoms with E-state index in [1.807, 2.05) is 13.0 Å². The highest BCUT2D eigenvalue weighted by molar-refractivity contribution is 9.10. The fourth-order valence-electron chi connectivity index (χ4n) is 1.87. The summed E-state index contributed by atoms with van der Waals surface area (Å²) in [4.78, 5) is 11.9. The number of rotatable bonds is 4. The van der Waals surface area contributed by atoms with Gasteiger partial charge in [0.05, 0.1) is 0 Å². The Bertz CT molecular complexity index is 620. The van der Waals surface area contributed by atoms with Gasteiger partial charge in [-0.25, -0.2) is 0 Å². The van der Waals surface area contributed by atoms with Crippen molar-refractivity contribution in [2.45, 2.75) is 13.3 Å². The Labute approximate surface area is 131 Å². The number of hydrogen-bond donors (Lipinski definition) is 1. The molecule has 1 aromatic rings. The van der Waals surface area contributed by atoms with Crippen LogP contribution in [0.5, 0.6) is 11.5 Å². The van der Waals surface area contributed by atoms with Gasteiger partial charge in [-0.15, -0.1) is 0 Å². The molecule has 5 nitrogen and oxygen atoms in total. The van der Waals surface area contributed by atoms with Crippen molar-refractivity contribution < 1.29 is 14.3 Å². The molecule has 1 amide bonds. The van der Waals surface area contributed by atoms with Crippen LogP contribution in [0.1, 0.15) is 18.9 Å². The maximum Gasteiger partial charge on any atom is 0.261 e. The van der Waals surface area contributed by atoms with Crippen LogP contribution in [0.3, 0.4) is 0 Å². The van der Waals surface area contributed by atoms with Gasteiger partial charge >= 0.3 is 0 Å². The quantitative estimate of drug-likeness (QED) is 0.669. The second kappa shape index (κ2) is 7.14. The van der Waals surface area contributed by atoms with Gasteiger partial charge in [0.25, 0.3) is 5.91 Å². The minimum Gasteiger partial charge on any atom is -0.486 e. The third-order valence-electron chi connectivity index (χ3n) is 2.88. The van der Waals surface area contributed by atoms with Crippen LogP contribution in [0.15, 0.2) is 22.2 Å². The molecule has 0 aliphatic carbocycles. The number of carbonyl (C=O) groups is 1. The number of halogens is 1. The van der Waals surface area contributed by atoms with Crippen LogP contribution in [0.25, 0.3) is 6.08 Å². The number of nitriles is 1. The predicted molar refractivity (Wildman–Crippen MR) is 82.0 cm³/mol. The molecule has 0 bridgehead atoms. The SMILES string of the molecule is CCCNC(=O)/C(C#N)=C/c1c(Br)ccc2c1OCCO2. The van der Waals surface area contributed by atoms with Gasteiger partial charge in [-0.05, 0) is 24.6 Å². The Hall–Kier alpha value is -2.00. The zero-order valence-corrected chi connectivity index (χ0v) is 13.2. The number of ether oxygens (including phenoxy) is 2. The summed E-state index contributed by atoms with van der Waals surface area (Å²) in [7, 11) is 0. The van der Waals surface area contributed by atoms with E-state index in [2.05, 4.69) is 21.2 Å². The van der Waals surface area contributed by atoms with Crippen molar-refractivity contribution in [2.75, 3.05) is 19.8 Å². The van der Waals surface area contributed by atoms with E-state index in [4.69, 9.17) is 9.47 Å². The van der Waals surface area contributed by atoms with E-state index in [9.17, 15) is 10.1 Å². The number of carbonyl (C=O) groups excluding carboxylic acids is 1. The fourth-order valence-corrected chi connectivity index (χ4v) is 2.30. The average Bonchev–Trinajstić information content (AvgIpc) is 2.51. The molecule has 0 atom stereocenters. The molecule has 1 heterocycles. The number of nitrogens with one attached hydrogen (secondary N) is 1. The molecule has 0 unspecified atom stereocenters. The zero-order valence-electron chi connectivity index (χ0n) is 11.6. The van der Waals surface area contributed by atoms with Crippen LogP contribution >= 0.6 is 15.9 Å². The molecule has 0 fully saturated rings. The lowest BCUT2D eigenvalue weighted by molar-refractivity contribution is -0.117. The van der Waals surface area contributed by atoms with Gasteiger partial charge in [-0.3, -0.25) is 4.79 Å². The van der Waals surface area contributed by atoms with Crippen molar-refractivity contribution in [3.8, 4) is 17.6 Å². The number of amides is 1. The predicted octanol–water partition coefficient (Wildman–Crippen LogP) is 2.65. The molecule has 21 heavy (non-hydrogen) atoms. The smallest absolute Gasteiger partial charge is 0.261 e. The third-order valence-corrected chi connectivity index (χ3v) is 3.57. The van der Waals surface area contributed by atoms with Crippen molar-refractivity contribution in [1.29, 1.82) is 5.26 Å². The first-order valence-corrected chi connectivity index (χ1v) is 7.44. The zero-order chi connectivity index (χ0) is 15.2. The summed E-state index contributed by atoms with van der Waals surface area (Å²) in [5.41, 5.74) is 0.669. The van der Waals surface area contributed by atoms with Gasteiger partial charge in [0.2, 0.25) is 0 Å². The standard InChI is InChI=1S/C15H15BrN2O3/c1-2-5-18-15(19)10(9-17)8-11-12(16)3-4-13-14(11)21-7-6-20-13/h3-4,8H,2,5-7H2,1H3,(H,18,19)/b10-8+. The van der Waals surface area contributed by atoms with Crippen molar-refractivity contribution in [1.82, 2.24) is 5.32 Å². The lowest BCUT2D eigenvalue weighted by Gasteiger charge is -2.20. The largest absolute Gasteiger partial charge is 0.486 e. The molecular formula is C15H15BrN2O3. The molecule has 2 rings (SSSR count). The van der Waals surface area contributed by atoms with Crippen LogP contribution in [0.4, 0.5) is 0 Å². The highest BCUT2D eigenvalue weighted by Gasteiger charge is 2.19. The van der Waals surface area contributed by atoms with E-state index in [-0.39, 0.29) is 11.5 Å². The summed E-state index contributed by atoms with van der Waals surface area (Å²) in [5, 5.41) is 11.9. The molecule has 1 aliphatic rings. The molecule has 6 heteroatoms. The first kappa shape index (κ1) is 15.4. The highest BCUT2D eigenvalue weighted by atomic mass is 79.9. The summed E-state index contributed by atoms with van der Waals surface area (Å²) < 4.78 is 11.8. The van der Waals surface area contributed by atoms with Gasteiger partial charge in [-0.2, -0.15) is 5.26 Å². The summed E-state index contributed by atoms with van der Waals surface area (Å²) in [6.07, 6.45) is 2.33. The molecule has 1 aliphatic heterocycles. The molecule has 0 radical (unpaired) electrons. The van der Waals surface area contributed by atoms with Crippen molar-refractivity contribution >= 4 is 27.9 Å². The number of hydrogen-bond acceptors (Lipinski definition) is 4. The topological polar surface area (TPSA) is 71.4 Å². The van der Waals surface area contributed by atoms with Crippen molar-refractivity contribution in [2.24, 2.45) is 0 Å². The molecule has 0 saturated carbocycles. The molecule has 0 saturated heterocycles. The minimum atomic E-state index is -0.388. The van der Waals surface area contributed by atoms with Crippen molar-refractivity contribution in [3.63, 3.8) is 0 Å². The maximum atomic E-state index is 11.9. The normalized spacial score (nSPS) is 13.5. The third kappa shape index (κ3) is 3.56. The highest BCUT2D eigenvalue weighted by Crippen LogP contribution is 2.39. The van der Waals surface area contributed by atoms with E-state index in [0.717, 1.165) is 10.9 Å². The second-order valence-electron chi connectivity index (χ2n) is 4.41. The first-order chi connectivity index (χ1) is 10.2. The van der Waals surface area contributed by atoms with Crippen LogP contribution in [-0.2, 0) is 4.79 Å². The van der Waals surface area contributed by atoms with Crippen LogP contribution in [0.2, 0.25) is 0 Å². The van der Waals surface area contributed by atoms with E-state index >= 15 is 0 Å². The number of nitrogens with zero attached hydrogens (tertiary/aromatic N) is 1. The number of fused-ring (bicyclic) bond motifs is 1. The summed E-state index contributed by atoms with van der Waals surface area (Å²) >= 11 is 3.41. The van der Waals surface area contributed by atoms with E-state index in [1.54, 1.807) is 12.1 Å². The molecule has 110 valence electrons. The van der Waals surface area contributed by atoms with Gasteiger partial charge in [0.15, 0.2) is 11.5 Å². The maximum absolute atomic E-state index is 11.9. The van der Waals surface area contributed by atoms with E-state index < -0.39 is 0 Å². The van der Waals surface area contributed by atoms with Crippen LogP contribution < -0.4 is 14.8 Å². The average molecular weight is 351 g/mol. The Morgan fingerprint density at radius 2 is 2.24 bits per heavy atom.